The molecule has 4 nitrogen and oxygen atoms in total. The third kappa shape index (κ3) is 3.41. The van der Waals surface area contributed by atoms with E-state index in [1.165, 1.54) is 12.3 Å². The number of carbonyl (C=O) groups excluding carboxylic acids is 1. The van der Waals surface area contributed by atoms with Crippen LogP contribution in [0.25, 0.3) is 0 Å². The van der Waals surface area contributed by atoms with Gasteiger partial charge in [-0.3, -0.25) is 4.79 Å². The Hall–Kier alpha value is -1.85. The smallest absolute Gasteiger partial charge is 0.255 e. The van der Waals surface area contributed by atoms with Gasteiger partial charge in [-0.05, 0) is 42.0 Å². The van der Waals surface area contributed by atoms with E-state index in [0.29, 0.717) is 23.3 Å². The van der Waals surface area contributed by atoms with Crippen molar-refractivity contribution < 1.29 is 13.6 Å². The number of hydrogen-bond donors (Lipinski definition) is 2. The summed E-state index contributed by atoms with van der Waals surface area (Å²) in [5.41, 5.74) is 7.50. The lowest BCUT2D eigenvalue weighted by molar-refractivity contribution is 0.0918. The fraction of sp³-hybridized carbons (Fsp3) is 0.353. The molecule has 2 atom stereocenters. The predicted molar refractivity (Wildman–Crippen MR) is 87.9 cm³/mol. The first-order valence-electron chi connectivity index (χ1n) is 7.45. The summed E-state index contributed by atoms with van der Waals surface area (Å²) < 4.78 is 19.1. The minimum absolute atomic E-state index is 0. The molecule has 0 spiro atoms. The Bertz CT molecular complexity index is 702. The standard InChI is InChI=1S/C17H19FN2O2.ClH/c1-10-5-6-13-14(3-2-4-15(13)18)16(10)20-17(21)11-7-12(8-19)22-9-11;/h2-4,7,9-10,16H,5-6,8,19H2,1H3,(H,20,21);1H. The normalized spacial score (nSPS) is 19.6. The Morgan fingerprint density at radius 1 is 1.48 bits per heavy atom. The number of amides is 1. The van der Waals surface area contributed by atoms with Crippen LogP contribution < -0.4 is 11.1 Å². The van der Waals surface area contributed by atoms with Crippen molar-refractivity contribution in [2.75, 3.05) is 0 Å². The molecule has 124 valence electrons. The highest BCUT2D eigenvalue weighted by molar-refractivity contribution is 5.94. The van der Waals surface area contributed by atoms with Gasteiger partial charge < -0.3 is 15.5 Å². The van der Waals surface area contributed by atoms with E-state index in [4.69, 9.17) is 10.2 Å². The molecule has 1 heterocycles. The summed E-state index contributed by atoms with van der Waals surface area (Å²) in [6.45, 7) is 2.32. The van der Waals surface area contributed by atoms with Crippen LogP contribution in [0.5, 0.6) is 0 Å². The third-order valence-corrected chi connectivity index (χ3v) is 4.31. The van der Waals surface area contributed by atoms with Crippen molar-refractivity contribution in [3.8, 4) is 0 Å². The lowest BCUT2D eigenvalue weighted by Gasteiger charge is -2.32. The number of benzene rings is 1. The van der Waals surface area contributed by atoms with Crippen molar-refractivity contribution in [3.05, 3.63) is 58.8 Å². The third-order valence-electron chi connectivity index (χ3n) is 4.31. The fourth-order valence-electron chi connectivity index (χ4n) is 3.03. The monoisotopic (exact) mass is 338 g/mol. The highest BCUT2D eigenvalue weighted by atomic mass is 35.5. The van der Waals surface area contributed by atoms with Gasteiger partial charge in [-0.25, -0.2) is 4.39 Å². The molecule has 1 aliphatic rings. The number of rotatable bonds is 3. The Morgan fingerprint density at radius 2 is 2.26 bits per heavy atom. The molecular weight excluding hydrogens is 319 g/mol. The highest BCUT2D eigenvalue weighted by Crippen LogP contribution is 2.35. The predicted octanol–water partition coefficient (Wildman–Crippen LogP) is 3.35. The molecule has 1 amide bonds. The van der Waals surface area contributed by atoms with E-state index >= 15 is 0 Å². The van der Waals surface area contributed by atoms with Crippen molar-refractivity contribution >= 4 is 18.3 Å². The number of halogens is 2. The quantitative estimate of drug-likeness (QED) is 0.901. The molecule has 0 fully saturated rings. The van der Waals surface area contributed by atoms with Gasteiger partial charge >= 0.3 is 0 Å². The van der Waals surface area contributed by atoms with E-state index < -0.39 is 0 Å². The molecule has 2 aromatic rings. The molecule has 2 unspecified atom stereocenters. The zero-order valence-electron chi connectivity index (χ0n) is 12.8. The summed E-state index contributed by atoms with van der Waals surface area (Å²) in [6.07, 6.45) is 2.95. The maximum atomic E-state index is 13.9. The number of nitrogens with one attached hydrogen (secondary N) is 1. The van der Waals surface area contributed by atoms with Gasteiger partial charge in [0.05, 0.1) is 18.2 Å². The SMILES string of the molecule is CC1CCc2c(F)cccc2C1NC(=O)c1coc(CN)c1.Cl. The van der Waals surface area contributed by atoms with Gasteiger partial charge in [-0.1, -0.05) is 19.1 Å². The van der Waals surface area contributed by atoms with Gasteiger partial charge in [0.1, 0.15) is 17.8 Å². The fourth-order valence-corrected chi connectivity index (χ4v) is 3.03. The second-order valence-corrected chi connectivity index (χ2v) is 5.78. The first kappa shape index (κ1) is 17.5. The minimum atomic E-state index is -0.225. The highest BCUT2D eigenvalue weighted by Gasteiger charge is 2.29. The van der Waals surface area contributed by atoms with E-state index in [9.17, 15) is 9.18 Å². The van der Waals surface area contributed by atoms with Gasteiger partial charge in [-0.15, -0.1) is 12.4 Å². The van der Waals surface area contributed by atoms with E-state index in [1.54, 1.807) is 12.1 Å². The summed E-state index contributed by atoms with van der Waals surface area (Å²) in [4.78, 5) is 12.4. The Morgan fingerprint density at radius 3 is 2.96 bits per heavy atom. The van der Waals surface area contributed by atoms with Gasteiger partial charge in [0, 0.05) is 0 Å². The van der Waals surface area contributed by atoms with Crippen LogP contribution in [0.3, 0.4) is 0 Å². The van der Waals surface area contributed by atoms with Gasteiger partial charge in [0.25, 0.3) is 5.91 Å². The molecule has 23 heavy (non-hydrogen) atoms. The number of hydrogen-bond acceptors (Lipinski definition) is 3. The van der Waals surface area contributed by atoms with Crippen LogP contribution in [0.1, 0.15) is 46.6 Å². The number of nitrogens with two attached hydrogens (primary N) is 1. The Balaban J connectivity index is 0.00000192. The maximum Gasteiger partial charge on any atom is 0.255 e. The van der Waals surface area contributed by atoms with Crippen LogP contribution in [0, 0.1) is 11.7 Å². The number of fused-ring (bicyclic) bond motifs is 1. The topological polar surface area (TPSA) is 68.3 Å². The lowest BCUT2D eigenvalue weighted by atomic mass is 9.80. The van der Waals surface area contributed by atoms with Gasteiger partial charge in [0.15, 0.2) is 0 Å². The summed E-state index contributed by atoms with van der Waals surface area (Å²) >= 11 is 0. The van der Waals surface area contributed by atoms with E-state index in [0.717, 1.165) is 12.0 Å². The molecule has 1 aromatic carbocycles. The largest absolute Gasteiger partial charge is 0.467 e. The second-order valence-electron chi connectivity index (χ2n) is 5.78. The Kier molecular flexibility index (Phi) is 5.44. The minimum Gasteiger partial charge on any atom is -0.467 e. The van der Waals surface area contributed by atoms with Crippen molar-refractivity contribution in [2.45, 2.75) is 32.4 Å². The molecule has 0 radical (unpaired) electrons. The summed E-state index contributed by atoms with van der Waals surface area (Å²) in [5, 5.41) is 3.00. The van der Waals surface area contributed by atoms with Crippen LogP contribution in [0.4, 0.5) is 4.39 Å². The van der Waals surface area contributed by atoms with Crippen LogP contribution >= 0.6 is 12.4 Å². The van der Waals surface area contributed by atoms with E-state index in [-0.39, 0.29) is 42.6 Å². The van der Waals surface area contributed by atoms with Crippen LogP contribution in [0.15, 0.2) is 34.9 Å². The van der Waals surface area contributed by atoms with Crippen molar-refractivity contribution in [2.24, 2.45) is 11.7 Å². The molecule has 1 aliphatic carbocycles. The summed E-state index contributed by atoms with van der Waals surface area (Å²) in [5.74, 6) is 0.391. The van der Waals surface area contributed by atoms with Crippen molar-refractivity contribution in [3.63, 3.8) is 0 Å². The van der Waals surface area contributed by atoms with Crippen LogP contribution in [-0.4, -0.2) is 5.91 Å². The van der Waals surface area contributed by atoms with Crippen LogP contribution in [-0.2, 0) is 13.0 Å². The van der Waals surface area contributed by atoms with E-state index in [1.807, 2.05) is 6.07 Å². The van der Waals surface area contributed by atoms with E-state index in [2.05, 4.69) is 12.2 Å². The molecule has 6 heteroatoms. The number of carbonyl (C=O) groups is 1. The molecular formula is C17H20ClFN2O2. The van der Waals surface area contributed by atoms with Gasteiger partial charge in [-0.2, -0.15) is 0 Å². The molecule has 0 saturated heterocycles. The maximum absolute atomic E-state index is 13.9. The zero-order chi connectivity index (χ0) is 15.7. The summed E-state index contributed by atoms with van der Waals surface area (Å²) in [6, 6.07) is 6.49. The summed E-state index contributed by atoms with van der Waals surface area (Å²) in [7, 11) is 0. The average molecular weight is 339 g/mol. The zero-order valence-corrected chi connectivity index (χ0v) is 13.7. The van der Waals surface area contributed by atoms with Crippen molar-refractivity contribution in [1.29, 1.82) is 0 Å². The molecule has 0 saturated carbocycles. The lowest BCUT2D eigenvalue weighted by Crippen LogP contribution is -2.35. The second kappa shape index (κ2) is 7.15. The first-order chi connectivity index (χ1) is 10.6. The molecule has 1 aromatic heterocycles. The average Bonchev–Trinajstić information content (AvgIpc) is 2.99. The Labute approximate surface area is 140 Å². The van der Waals surface area contributed by atoms with Gasteiger partial charge in [0.2, 0.25) is 0 Å². The molecule has 0 aliphatic heterocycles. The molecule has 3 N–H and O–H groups in total. The number of furan rings is 1. The molecule has 3 rings (SSSR count). The van der Waals surface area contributed by atoms with Crippen molar-refractivity contribution in [1.82, 2.24) is 5.32 Å². The molecule has 0 bridgehead atoms. The first-order valence-corrected chi connectivity index (χ1v) is 7.45. The van der Waals surface area contributed by atoms with Crippen LogP contribution in [0.2, 0.25) is 0 Å².